The Balaban J connectivity index is 0.00000242. The number of primary amides is 1. The lowest BCUT2D eigenvalue weighted by Gasteiger charge is -2.36. The molecule has 0 saturated carbocycles. The Hall–Kier alpha value is -2.94. The van der Waals surface area contributed by atoms with E-state index in [0.717, 1.165) is 16.4 Å². The number of thioether (sulfide) groups is 1. The second-order valence-electron chi connectivity index (χ2n) is 9.68. The van der Waals surface area contributed by atoms with Crippen LogP contribution in [0, 0.1) is 5.92 Å². The van der Waals surface area contributed by atoms with Crippen LogP contribution in [0.5, 0.6) is 0 Å². The van der Waals surface area contributed by atoms with Crippen molar-refractivity contribution in [2.24, 2.45) is 11.7 Å². The molecule has 2 amide bonds. The van der Waals surface area contributed by atoms with Gasteiger partial charge in [-0.1, -0.05) is 17.8 Å². The number of carbonyl (C=O) groups is 2. The van der Waals surface area contributed by atoms with Crippen LogP contribution in [-0.2, 0) is 21.9 Å². The van der Waals surface area contributed by atoms with Crippen molar-refractivity contribution in [1.29, 1.82) is 0 Å². The predicted octanol–water partition coefficient (Wildman–Crippen LogP) is 5.72. The SMILES string of the molecule is Cl.Cl.NC(=O)C(c1cc(C(F)(F)F)cc(C(F)(F)F)c1)N1CCC(CNC(=O)C2=Cc3cnc4cccc(n34)S2)CC1. The van der Waals surface area contributed by atoms with Gasteiger partial charge in [-0.15, -0.1) is 24.8 Å². The highest BCUT2D eigenvalue weighted by Crippen LogP contribution is 2.39. The van der Waals surface area contributed by atoms with Gasteiger partial charge in [-0.05, 0) is 73.8 Å². The molecule has 0 aliphatic carbocycles. The van der Waals surface area contributed by atoms with E-state index in [0.29, 0.717) is 36.4 Å². The molecule has 3 aromatic rings. The summed E-state index contributed by atoms with van der Waals surface area (Å²) in [5.74, 6) is -1.32. The highest BCUT2D eigenvalue weighted by atomic mass is 35.5. The van der Waals surface area contributed by atoms with Gasteiger partial charge in [0.15, 0.2) is 0 Å². The largest absolute Gasteiger partial charge is 0.416 e. The normalized spacial score (nSPS) is 16.7. The Morgan fingerprint density at radius 1 is 1.02 bits per heavy atom. The number of pyridine rings is 1. The number of benzene rings is 1. The lowest BCUT2D eigenvalue weighted by Crippen LogP contribution is -2.44. The van der Waals surface area contributed by atoms with Gasteiger partial charge < -0.3 is 11.1 Å². The number of imidazole rings is 1. The van der Waals surface area contributed by atoms with Crippen molar-refractivity contribution in [1.82, 2.24) is 19.6 Å². The molecule has 1 unspecified atom stereocenters. The zero-order valence-electron chi connectivity index (χ0n) is 21.5. The third-order valence-corrected chi connectivity index (χ3v) is 8.05. The zero-order chi connectivity index (χ0) is 28.8. The van der Waals surface area contributed by atoms with E-state index in [1.807, 2.05) is 22.6 Å². The lowest BCUT2D eigenvalue weighted by atomic mass is 9.92. The molecule has 3 N–H and O–H groups in total. The predicted molar refractivity (Wildman–Crippen MR) is 149 cm³/mol. The zero-order valence-corrected chi connectivity index (χ0v) is 24.0. The minimum atomic E-state index is -5.04. The Morgan fingerprint density at radius 3 is 2.21 bits per heavy atom. The van der Waals surface area contributed by atoms with Gasteiger partial charge in [0.05, 0.1) is 32.9 Å². The number of piperidine rings is 1. The first kappa shape index (κ1) is 33.6. The maximum Gasteiger partial charge on any atom is 0.416 e. The number of hydrogen-bond acceptors (Lipinski definition) is 5. The van der Waals surface area contributed by atoms with Crippen molar-refractivity contribution < 1.29 is 35.9 Å². The van der Waals surface area contributed by atoms with Gasteiger partial charge in [0, 0.05) is 6.54 Å². The molecular weight excluding hydrogens is 631 g/mol. The number of rotatable bonds is 6. The fourth-order valence-electron chi connectivity index (χ4n) is 5.03. The first-order valence-corrected chi connectivity index (χ1v) is 13.1. The van der Waals surface area contributed by atoms with E-state index < -0.39 is 41.0 Å². The molecule has 2 aromatic heterocycles. The molecule has 1 atom stereocenters. The fourth-order valence-corrected chi connectivity index (χ4v) is 6.04. The van der Waals surface area contributed by atoms with Crippen molar-refractivity contribution in [3.8, 4) is 0 Å². The monoisotopic (exact) mass is 655 g/mol. The standard InChI is InChI=1S/C26H23F6N5O2S.2ClH/c27-25(28,29)16-8-15(9-17(10-16)26(30,31)32)22(23(33)38)36-6-4-14(5-7-36)12-35-24(39)19-11-18-13-34-20-2-1-3-21(40-19)37(18)20;;/h1-3,8-11,13-14,22H,4-7,12H2,(H2,33,38)(H,35,39);2*1H. The number of nitrogens with zero attached hydrogens (tertiary/aromatic N) is 3. The summed E-state index contributed by atoms with van der Waals surface area (Å²) in [5, 5.41) is 3.76. The molecular formula is C26H25Cl2F6N5O2S. The van der Waals surface area contributed by atoms with Crippen LogP contribution in [0.25, 0.3) is 11.7 Å². The minimum absolute atomic E-state index is 0. The highest BCUT2D eigenvalue weighted by molar-refractivity contribution is 8.04. The summed E-state index contributed by atoms with van der Waals surface area (Å²) >= 11 is 1.31. The van der Waals surface area contributed by atoms with Crippen molar-refractivity contribution >= 4 is 60.1 Å². The Kier molecular flexibility index (Phi) is 10.2. The van der Waals surface area contributed by atoms with Crippen LogP contribution >= 0.6 is 36.6 Å². The molecule has 0 radical (unpaired) electrons. The molecule has 16 heteroatoms. The van der Waals surface area contributed by atoms with E-state index in [2.05, 4.69) is 10.3 Å². The van der Waals surface area contributed by atoms with Crippen molar-refractivity contribution in [2.75, 3.05) is 19.6 Å². The number of alkyl halides is 6. The third kappa shape index (κ3) is 6.99. The molecule has 42 heavy (non-hydrogen) atoms. The van der Waals surface area contributed by atoms with Crippen LogP contribution in [-0.4, -0.2) is 45.7 Å². The van der Waals surface area contributed by atoms with Gasteiger partial charge >= 0.3 is 12.4 Å². The molecule has 0 bridgehead atoms. The molecule has 7 nitrogen and oxygen atoms in total. The lowest BCUT2D eigenvalue weighted by molar-refractivity contribution is -0.143. The van der Waals surface area contributed by atoms with Crippen LogP contribution < -0.4 is 11.1 Å². The van der Waals surface area contributed by atoms with Gasteiger partial charge in [-0.3, -0.25) is 18.9 Å². The molecule has 0 spiro atoms. The van der Waals surface area contributed by atoms with Crippen molar-refractivity contribution in [3.05, 3.63) is 69.9 Å². The second-order valence-corrected chi connectivity index (χ2v) is 10.7. The average Bonchev–Trinajstić information content (AvgIpc) is 3.31. The minimum Gasteiger partial charge on any atom is -0.368 e. The van der Waals surface area contributed by atoms with E-state index >= 15 is 0 Å². The average molecular weight is 656 g/mol. The van der Waals surface area contributed by atoms with Crippen molar-refractivity contribution in [2.45, 2.75) is 36.3 Å². The van der Waals surface area contributed by atoms with E-state index in [4.69, 9.17) is 5.73 Å². The first-order chi connectivity index (χ1) is 18.8. The molecule has 228 valence electrons. The molecule has 5 rings (SSSR count). The van der Waals surface area contributed by atoms with Crippen LogP contribution in [0.15, 0.2) is 52.5 Å². The second kappa shape index (κ2) is 12.7. The van der Waals surface area contributed by atoms with E-state index in [-0.39, 0.29) is 55.8 Å². The quantitative estimate of drug-likeness (QED) is 0.332. The number of nitrogens with one attached hydrogen (secondary N) is 1. The van der Waals surface area contributed by atoms with Gasteiger partial charge in [0.25, 0.3) is 5.91 Å². The summed E-state index contributed by atoms with van der Waals surface area (Å²) in [5.41, 5.74) is 3.56. The summed E-state index contributed by atoms with van der Waals surface area (Å²) in [6.45, 7) is 0.714. The van der Waals surface area contributed by atoms with Gasteiger partial charge in [-0.2, -0.15) is 26.3 Å². The Morgan fingerprint density at radius 2 is 1.64 bits per heavy atom. The number of likely N-dealkylation sites (tertiary alicyclic amines) is 1. The topological polar surface area (TPSA) is 92.7 Å². The molecule has 1 fully saturated rings. The fraction of sp³-hybridized carbons (Fsp3) is 0.346. The number of aromatic nitrogens is 2. The molecule has 2 aliphatic rings. The van der Waals surface area contributed by atoms with E-state index in [1.54, 1.807) is 12.3 Å². The first-order valence-electron chi connectivity index (χ1n) is 12.3. The van der Waals surface area contributed by atoms with Gasteiger partial charge in [0.2, 0.25) is 5.91 Å². The van der Waals surface area contributed by atoms with Crippen molar-refractivity contribution in [3.63, 3.8) is 0 Å². The maximum absolute atomic E-state index is 13.4. The molecule has 1 aromatic carbocycles. The third-order valence-electron chi connectivity index (χ3n) is 7.00. The smallest absolute Gasteiger partial charge is 0.368 e. The summed E-state index contributed by atoms with van der Waals surface area (Å²) in [7, 11) is 0. The number of amides is 2. The maximum atomic E-state index is 13.4. The van der Waals surface area contributed by atoms with Crippen LogP contribution in [0.1, 0.15) is 41.3 Å². The number of carbonyl (C=O) groups excluding carboxylic acids is 2. The summed E-state index contributed by atoms with van der Waals surface area (Å²) in [6, 6.07) is 5.24. The molecule has 4 heterocycles. The number of halogens is 8. The van der Waals surface area contributed by atoms with E-state index in [1.165, 1.54) is 16.7 Å². The van der Waals surface area contributed by atoms with Gasteiger partial charge in [-0.25, -0.2) is 4.98 Å². The van der Waals surface area contributed by atoms with E-state index in [9.17, 15) is 35.9 Å². The van der Waals surface area contributed by atoms with Gasteiger partial charge in [0.1, 0.15) is 11.7 Å². The number of hydrogen-bond donors (Lipinski definition) is 2. The highest BCUT2D eigenvalue weighted by Gasteiger charge is 2.39. The summed E-state index contributed by atoms with van der Waals surface area (Å²) in [6.07, 6.45) is -5.75. The van der Waals surface area contributed by atoms with Crippen LogP contribution in [0.3, 0.4) is 0 Å². The molecule has 1 saturated heterocycles. The summed E-state index contributed by atoms with van der Waals surface area (Å²) in [4.78, 5) is 31.5. The van der Waals surface area contributed by atoms with Crippen LogP contribution in [0.4, 0.5) is 26.3 Å². The number of nitrogens with two attached hydrogens (primary N) is 1. The van der Waals surface area contributed by atoms with Crippen LogP contribution in [0.2, 0.25) is 0 Å². The summed E-state index contributed by atoms with van der Waals surface area (Å²) < 4.78 is 82.0. The Bertz CT molecular complexity index is 1470. The molecule has 2 aliphatic heterocycles. The Labute approximate surface area is 252 Å².